The lowest BCUT2D eigenvalue weighted by atomic mass is 10.1. The van der Waals surface area contributed by atoms with Gasteiger partial charge in [-0.3, -0.25) is 9.78 Å². The number of pyridine rings is 1. The normalized spacial score (nSPS) is 11.8. The van der Waals surface area contributed by atoms with E-state index in [4.69, 9.17) is 9.47 Å². The Morgan fingerprint density at radius 1 is 1.20 bits per heavy atom. The molecule has 0 aliphatic rings. The summed E-state index contributed by atoms with van der Waals surface area (Å²) in [4.78, 5) is 15.2. The van der Waals surface area contributed by atoms with E-state index >= 15 is 0 Å². The molecular weight excluding hydrogens is 320 g/mol. The van der Waals surface area contributed by atoms with Crippen molar-refractivity contribution in [2.45, 2.75) is 39.0 Å². The van der Waals surface area contributed by atoms with Crippen LogP contribution in [0.25, 0.3) is 0 Å². The Balaban J connectivity index is 1.99. The van der Waals surface area contributed by atoms with Crippen LogP contribution in [0.15, 0.2) is 42.7 Å². The van der Waals surface area contributed by atoms with Gasteiger partial charge in [0.15, 0.2) is 11.5 Å². The number of nitrogens with one attached hydrogen (secondary N) is 1. The van der Waals surface area contributed by atoms with Crippen LogP contribution in [0, 0.1) is 0 Å². The van der Waals surface area contributed by atoms with Gasteiger partial charge in [-0.05, 0) is 41.8 Å². The highest BCUT2D eigenvalue weighted by molar-refractivity contribution is 5.73. The van der Waals surface area contributed by atoms with E-state index in [1.165, 1.54) is 0 Å². The number of hydrogen-bond donors (Lipinski definition) is 2. The molecule has 6 heteroatoms. The largest absolute Gasteiger partial charge is 0.493 e. The number of benzene rings is 1. The third-order valence-electron chi connectivity index (χ3n) is 3.80. The zero-order chi connectivity index (χ0) is 18.1. The molecule has 1 aromatic carbocycles. The minimum absolute atomic E-state index is 0.425. The van der Waals surface area contributed by atoms with Crippen LogP contribution in [0.4, 0.5) is 0 Å². The molecule has 2 aromatic rings. The summed E-state index contributed by atoms with van der Waals surface area (Å²) >= 11 is 0. The van der Waals surface area contributed by atoms with Crippen molar-refractivity contribution in [3.63, 3.8) is 0 Å². The first-order chi connectivity index (χ1) is 12.1. The third-order valence-corrected chi connectivity index (χ3v) is 3.80. The van der Waals surface area contributed by atoms with Gasteiger partial charge in [-0.15, -0.1) is 0 Å². The molecule has 6 nitrogen and oxygen atoms in total. The first-order valence-corrected chi connectivity index (χ1v) is 8.28. The highest BCUT2D eigenvalue weighted by Gasteiger charge is 2.15. The summed E-state index contributed by atoms with van der Waals surface area (Å²) in [6.07, 6.45) is 4.86. The maximum absolute atomic E-state index is 11.2. The van der Waals surface area contributed by atoms with Crippen molar-refractivity contribution >= 4 is 5.97 Å². The molecule has 0 bridgehead atoms. The van der Waals surface area contributed by atoms with Crippen molar-refractivity contribution in [2.24, 2.45) is 0 Å². The van der Waals surface area contributed by atoms with E-state index in [1.54, 1.807) is 19.5 Å². The number of carboxylic acid groups (broad SMARTS) is 1. The molecule has 0 saturated carbocycles. The fourth-order valence-electron chi connectivity index (χ4n) is 2.42. The second-order valence-electron chi connectivity index (χ2n) is 5.69. The van der Waals surface area contributed by atoms with Gasteiger partial charge in [0.2, 0.25) is 0 Å². The summed E-state index contributed by atoms with van der Waals surface area (Å²) in [5.41, 5.74) is 1.96. The fourth-order valence-corrected chi connectivity index (χ4v) is 2.42. The maximum atomic E-state index is 11.2. The van der Waals surface area contributed by atoms with Gasteiger partial charge in [0.05, 0.1) is 7.11 Å². The molecule has 134 valence electrons. The average molecular weight is 344 g/mol. The molecule has 2 N–H and O–H groups in total. The Morgan fingerprint density at radius 3 is 2.60 bits per heavy atom. The van der Waals surface area contributed by atoms with Crippen LogP contribution in [-0.2, 0) is 17.9 Å². The van der Waals surface area contributed by atoms with Crippen molar-refractivity contribution in [2.75, 3.05) is 7.11 Å². The number of aromatic nitrogens is 1. The van der Waals surface area contributed by atoms with E-state index in [0.29, 0.717) is 31.1 Å². The van der Waals surface area contributed by atoms with Gasteiger partial charge in [0.25, 0.3) is 0 Å². The molecule has 2 rings (SSSR count). The first kappa shape index (κ1) is 18.7. The summed E-state index contributed by atoms with van der Waals surface area (Å²) in [5, 5.41) is 12.3. The van der Waals surface area contributed by atoms with Crippen molar-refractivity contribution in [1.82, 2.24) is 10.3 Å². The van der Waals surface area contributed by atoms with Gasteiger partial charge in [-0.25, -0.2) is 0 Å². The molecule has 1 aromatic heterocycles. The fraction of sp³-hybridized carbons (Fsp3) is 0.368. The molecule has 1 atom stereocenters. The highest BCUT2D eigenvalue weighted by atomic mass is 16.5. The minimum Gasteiger partial charge on any atom is -0.493 e. The van der Waals surface area contributed by atoms with Gasteiger partial charge in [0, 0.05) is 18.9 Å². The number of carboxylic acids is 1. The number of hydrogen-bond acceptors (Lipinski definition) is 5. The minimum atomic E-state index is -0.828. The first-order valence-electron chi connectivity index (χ1n) is 8.28. The zero-order valence-corrected chi connectivity index (χ0v) is 14.6. The molecule has 0 fully saturated rings. The predicted molar refractivity (Wildman–Crippen MR) is 94.7 cm³/mol. The molecular formula is C19H24N2O4. The van der Waals surface area contributed by atoms with E-state index in [9.17, 15) is 9.90 Å². The molecule has 1 unspecified atom stereocenters. The summed E-state index contributed by atoms with van der Waals surface area (Å²) in [6, 6.07) is 8.85. The van der Waals surface area contributed by atoms with Crippen molar-refractivity contribution in [3.8, 4) is 11.5 Å². The van der Waals surface area contributed by atoms with E-state index in [1.807, 2.05) is 37.3 Å². The lowest BCUT2D eigenvalue weighted by Crippen LogP contribution is -2.35. The summed E-state index contributed by atoms with van der Waals surface area (Å²) in [6.45, 7) is 2.85. The molecule has 0 radical (unpaired) electrons. The van der Waals surface area contributed by atoms with E-state index in [0.717, 1.165) is 17.5 Å². The second kappa shape index (κ2) is 9.64. The van der Waals surface area contributed by atoms with Crippen LogP contribution < -0.4 is 14.8 Å². The Bertz CT molecular complexity index is 676. The monoisotopic (exact) mass is 344 g/mol. The highest BCUT2D eigenvalue weighted by Crippen LogP contribution is 2.28. The number of aliphatic carboxylic acids is 1. The SMILES string of the molecule is CCCC(NCc1ccc(OCc2ccncc2)c(OC)c1)C(=O)O. The molecule has 0 saturated heterocycles. The summed E-state index contributed by atoms with van der Waals surface area (Å²) in [5.74, 6) is 0.438. The number of ether oxygens (including phenoxy) is 2. The topological polar surface area (TPSA) is 80.7 Å². The maximum Gasteiger partial charge on any atom is 0.320 e. The van der Waals surface area contributed by atoms with Crippen LogP contribution in [0.1, 0.15) is 30.9 Å². The van der Waals surface area contributed by atoms with Crippen LogP contribution in [0.3, 0.4) is 0 Å². The van der Waals surface area contributed by atoms with Gasteiger partial charge >= 0.3 is 5.97 Å². The average Bonchev–Trinajstić information content (AvgIpc) is 2.64. The van der Waals surface area contributed by atoms with Crippen molar-refractivity contribution < 1.29 is 19.4 Å². The van der Waals surface area contributed by atoms with Crippen molar-refractivity contribution in [1.29, 1.82) is 0 Å². The number of nitrogens with zero attached hydrogens (tertiary/aromatic N) is 1. The van der Waals surface area contributed by atoms with Gasteiger partial charge in [0.1, 0.15) is 12.6 Å². The number of methoxy groups -OCH3 is 1. The van der Waals surface area contributed by atoms with E-state index in [-0.39, 0.29) is 0 Å². The lowest BCUT2D eigenvalue weighted by molar-refractivity contribution is -0.139. The Kier molecular flexibility index (Phi) is 7.22. The standard InChI is InChI=1S/C19H24N2O4/c1-3-4-16(19(22)23)21-12-15-5-6-17(18(11-15)24-2)25-13-14-7-9-20-10-8-14/h5-11,16,21H,3-4,12-13H2,1-2H3,(H,22,23). The van der Waals surface area contributed by atoms with Crippen LogP contribution in [0.2, 0.25) is 0 Å². The molecule has 0 aliphatic heterocycles. The molecule has 25 heavy (non-hydrogen) atoms. The predicted octanol–water partition coefficient (Wildman–Crippen LogP) is 3.01. The van der Waals surface area contributed by atoms with Gasteiger partial charge in [-0.1, -0.05) is 19.4 Å². The molecule has 0 spiro atoms. The quantitative estimate of drug-likeness (QED) is 0.690. The summed E-state index contributed by atoms with van der Waals surface area (Å²) < 4.78 is 11.2. The van der Waals surface area contributed by atoms with Gasteiger partial charge < -0.3 is 19.9 Å². The second-order valence-corrected chi connectivity index (χ2v) is 5.69. The Morgan fingerprint density at radius 2 is 1.96 bits per heavy atom. The molecule has 1 heterocycles. The Hall–Kier alpha value is -2.60. The van der Waals surface area contributed by atoms with Crippen LogP contribution >= 0.6 is 0 Å². The smallest absolute Gasteiger partial charge is 0.320 e. The van der Waals surface area contributed by atoms with Crippen molar-refractivity contribution in [3.05, 3.63) is 53.9 Å². The third kappa shape index (κ3) is 5.76. The van der Waals surface area contributed by atoms with Crippen LogP contribution in [0.5, 0.6) is 11.5 Å². The van der Waals surface area contributed by atoms with Crippen LogP contribution in [-0.4, -0.2) is 29.2 Å². The summed E-state index contributed by atoms with van der Waals surface area (Å²) in [7, 11) is 1.59. The molecule has 0 aliphatic carbocycles. The number of carbonyl (C=O) groups is 1. The zero-order valence-electron chi connectivity index (χ0n) is 14.6. The van der Waals surface area contributed by atoms with E-state index < -0.39 is 12.0 Å². The molecule has 0 amide bonds. The van der Waals surface area contributed by atoms with Gasteiger partial charge in [-0.2, -0.15) is 0 Å². The Labute approximate surface area is 147 Å². The number of rotatable bonds is 10. The van der Waals surface area contributed by atoms with E-state index in [2.05, 4.69) is 10.3 Å². The lowest BCUT2D eigenvalue weighted by Gasteiger charge is -2.15.